The van der Waals surface area contributed by atoms with Gasteiger partial charge in [-0.15, -0.1) is 0 Å². The number of aromatic nitrogens is 2. The van der Waals surface area contributed by atoms with Gasteiger partial charge in [-0.1, -0.05) is 32.0 Å². The van der Waals surface area contributed by atoms with Gasteiger partial charge in [0.05, 0.1) is 11.4 Å². The maximum Gasteiger partial charge on any atom is 0.271 e. The van der Waals surface area contributed by atoms with Crippen LogP contribution in [0.25, 0.3) is 5.69 Å². The third-order valence-electron chi connectivity index (χ3n) is 2.81. The molecular weight excluding hydrogens is 226 g/mol. The molecule has 0 saturated carbocycles. The van der Waals surface area contributed by atoms with Crippen molar-refractivity contribution >= 4 is 0 Å². The fourth-order valence-electron chi connectivity index (χ4n) is 1.91. The number of para-hydroxylation sites is 1. The Balaban J connectivity index is 2.63. The molecule has 1 aromatic heterocycles. The largest absolute Gasteiger partial charge is 0.326 e. The quantitative estimate of drug-likeness (QED) is 0.894. The van der Waals surface area contributed by atoms with Crippen molar-refractivity contribution in [2.24, 2.45) is 5.73 Å². The molecule has 0 fully saturated rings. The molecule has 1 heterocycles. The van der Waals surface area contributed by atoms with Gasteiger partial charge in [-0.3, -0.25) is 4.79 Å². The Labute approximate surface area is 106 Å². The Morgan fingerprint density at radius 1 is 1.28 bits per heavy atom. The van der Waals surface area contributed by atoms with Crippen molar-refractivity contribution in [1.82, 2.24) is 9.78 Å². The third kappa shape index (κ3) is 2.33. The van der Waals surface area contributed by atoms with Crippen LogP contribution in [0.4, 0.5) is 0 Å². The van der Waals surface area contributed by atoms with Crippen LogP contribution in [0, 0.1) is 0 Å². The molecule has 94 valence electrons. The number of nitrogens with two attached hydrogens (primary N) is 1. The monoisotopic (exact) mass is 243 g/mol. The molecule has 4 nitrogen and oxygen atoms in total. The van der Waals surface area contributed by atoms with E-state index in [9.17, 15) is 4.79 Å². The van der Waals surface area contributed by atoms with Crippen molar-refractivity contribution in [1.29, 1.82) is 0 Å². The molecule has 0 amide bonds. The first kappa shape index (κ1) is 12.5. The molecule has 0 bridgehead atoms. The number of nitrogens with zero attached hydrogens (tertiary/aromatic N) is 2. The van der Waals surface area contributed by atoms with E-state index in [4.69, 9.17) is 5.73 Å². The van der Waals surface area contributed by atoms with Gasteiger partial charge in [0.1, 0.15) is 0 Å². The van der Waals surface area contributed by atoms with E-state index in [1.54, 1.807) is 6.07 Å². The molecule has 0 unspecified atom stereocenters. The van der Waals surface area contributed by atoms with Crippen LogP contribution in [-0.4, -0.2) is 9.78 Å². The normalized spacial score (nSPS) is 10.9. The first-order valence-corrected chi connectivity index (χ1v) is 6.02. The maximum atomic E-state index is 12.0. The molecule has 0 aliphatic carbocycles. The zero-order chi connectivity index (χ0) is 13.1. The van der Waals surface area contributed by atoms with Gasteiger partial charge in [-0.05, 0) is 23.6 Å². The molecular formula is C14H17N3O. The lowest BCUT2D eigenvalue weighted by molar-refractivity contribution is 0.694. The van der Waals surface area contributed by atoms with Crippen LogP contribution in [0.5, 0.6) is 0 Å². The van der Waals surface area contributed by atoms with Crippen molar-refractivity contribution in [3.63, 3.8) is 0 Å². The summed E-state index contributed by atoms with van der Waals surface area (Å²) in [6.45, 7) is 4.42. The van der Waals surface area contributed by atoms with Gasteiger partial charge < -0.3 is 5.73 Å². The molecule has 2 aromatic rings. The Hall–Kier alpha value is -1.94. The Kier molecular flexibility index (Phi) is 3.58. The average molecular weight is 243 g/mol. The fourth-order valence-corrected chi connectivity index (χ4v) is 1.91. The summed E-state index contributed by atoms with van der Waals surface area (Å²) < 4.78 is 1.43. The van der Waals surface area contributed by atoms with Crippen molar-refractivity contribution in [2.45, 2.75) is 26.3 Å². The summed E-state index contributed by atoms with van der Waals surface area (Å²) >= 11 is 0. The van der Waals surface area contributed by atoms with E-state index < -0.39 is 0 Å². The van der Waals surface area contributed by atoms with Gasteiger partial charge in [0.2, 0.25) is 0 Å². The summed E-state index contributed by atoms with van der Waals surface area (Å²) in [5.74, 6) is 0.235. The highest BCUT2D eigenvalue weighted by Crippen LogP contribution is 2.15. The topological polar surface area (TPSA) is 60.9 Å². The van der Waals surface area contributed by atoms with E-state index in [1.807, 2.05) is 44.2 Å². The van der Waals surface area contributed by atoms with Crippen LogP contribution in [-0.2, 0) is 6.54 Å². The van der Waals surface area contributed by atoms with E-state index >= 15 is 0 Å². The average Bonchev–Trinajstić information content (AvgIpc) is 2.39. The highest BCUT2D eigenvalue weighted by molar-refractivity contribution is 5.32. The second-order valence-electron chi connectivity index (χ2n) is 4.50. The number of hydrogen-bond donors (Lipinski definition) is 1. The van der Waals surface area contributed by atoms with Crippen LogP contribution in [0.3, 0.4) is 0 Å². The minimum absolute atomic E-state index is 0.147. The maximum absolute atomic E-state index is 12.0. The van der Waals surface area contributed by atoms with Crippen LogP contribution in [0.15, 0.2) is 41.2 Å². The van der Waals surface area contributed by atoms with Gasteiger partial charge >= 0.3 is 0 Å². The molecule has 1 aromatic carbocycles. The predicted octanol–water partition coefficient (Wildman–Crippen LogP) is 1.81. The summed E-state index contributed by atoms with van der Waals surface area (Å²) in [4.78, 5) is 12.0. The lowest BCUT2D eigenvalue weighted by Crippen LogP contribution is -2.24. The smallest absolute Gasteiger partial charge is 0.271 e. The summed E-state index contributed by atoms with van der Waals surface area (Å²) in [5.41, 5.74) is 7.98. The van der Waals surface area contributed by atoms with Crippen LogP contribution in [0.1, 0.15) is 31.0 Å². The van der Waals surface area contributed by atoms with E-state index in [0.717, 1.165) is 16.9 Å². The molecule has 4 heteroatoms. The van der Waals surface area contributed by atoms with E-state index in [2.05, 4.69) is 5.10 Å². The second-order valence-corrected chi connectivity index (χ2v) is 4.50. The lowest BCUT2D eigenvalue weighted by atomic mass is 10.0. The molecule has 0 spiro atoms. The minimum atomic E-state index is -0.147. The van der Waals surface area contributed by atoms with Gasteiger partial charge in [0.15, 0.2) is 0 Å². The van der Waals surface area contributed by atoms with Gasteiger partial charge in [0.25, 0.3) is 5.56 Å². The van der Waals surface area contributed by atoms with Crippen molar-refractivity contribution < 1.29 is 0 Å². The molecule has 18 heavy (non-hydrogen) atoms. The van der Waals surface area contributed by atoms with Crippen LogP contribution >= 0.6 is 0 Å². The number of benzene rings is 1. The summed E-state index contributed by atoms with van der Waals surface area (Å²) in [7, 11) is 0. The molecule has 0 radical (unpaired) electrons. The molecule has 0 aliphatic rings. The summed E-state index contributed by atoms with van der Waals surface area (Å²) in [6.07, 6.45) is 0. The van der Waals surface area contributed by atoms with E-state index in [-0.39, 0.29) is 11.5 Å². The first-order valence-electron chi connectivity index (χ1n) is 6.02. The zero-order valence-corrected chi connectivity index (χ0v) is 10.6. The van der Waals surface area contributed by atoms with E-state index in [0.29, 0.717) is 6.54 Å². The number of rotatable bonds is 3. The van der Waals surface area contributed by atoms with Crippen molar-refractivity contribution in [2.75, 3.05) is 0 Å². The number of hydrogen-bond acceptors (Lipinski definition) is 3. The van der Waals surface area contributed by atoms with Crippen molar-refractivity contribution in [3.8, 4) is 5.69 Å². The Morgan fingerprint density at radius 2 is 1.94 bits per heavy atom. The van der Waals surface area contributed by atoms with Crippen LogP contribution < -0.4 is 11.3 Å². The molecule has 2 N–H and O–H groups in total. The molecule has 0 atom stereocenters. The Morgan fingerprint density at radius 3 is 2.50 bits per heavy atom. The summed E-state index contributed by atoms with van der Waals surface area (Å²) in [6, 6.07) is 11.0. The van der Waals surface area contributed by atoms with Gasteiger partial charge in [0, 0.05) is 12.6 Å². The third-order valence-corrected chi connectivity index (χ3v) is 2.81. The molecule has 0 aliphatic heterocycles. The van der Waals surface area contributed by atoms with Crippen LogP contribution in [0.2, 0.25) is 0 Å². The SMILES string of the molecule is CC(C)c1nn(-c2ccccc2)c(=O)cc1CN. The van der Waals surface area contributed by atoms with E-state index in [1.165, 1.54) is 4.68 Å². The first-order chi connectivity index (χ1) is 8.63. The van der Waals surface area contributed by atoms with Crippen molar-refractivity contribution in [3.05, 3.63) is 58.0 Å². The van der Waals surface area contributed by atoms with Gasteiger partial charge in [-0.25, -0.2) is 0 Å². The second kappa shape index (κ2) is 5.14. The fraction of sp³-hybridized carbons (Fsp3) is 0.286. The highest BCUT2D eigenvalue weighted by atomic mass is 16.1. The standard InChI is InChI=1S/C14H17N3O/c1-10(2)14-11(9-15)8-13(18)17(16-14)12-6-4-3-5-7-12/h3-8,10H,9,15H2,1-2H3. The lowest BCUT2D eigenvalue weighted by Gasteiger charge is -2.13. The highest BCUT2D eigenvalue weighted by Gasteiger charge is 2.11. The zero-order valence-electron chi connectivity index (χ0n) is 10.6. The molecule has 0 saturated heterocycles. The predicted molar refractivity (Wildman–Crippen MR) is 71.8 cm³/mol. The summed E-state index contributed by atoms with van der Waals surface area (Å²) in [5, 5.41) is 4.44. The molecule has 2 rings (SSSR count). The van der Waals surface area contributed by atoms with Gasteiger partial charge in [-0.2, -0.15) is 9.78 Å². The minimum Gasteiger partial charge on any atom is -0.326 e. The Bertz CT molecular complexity index is 588.